The van der Waals surface area contributed by atoms with Gasteiger partial charge in [-0.2, -0.15) is 0 Å². The summed E-state index contributed by atoms with van der Waals surface area (Å²) in [6.07, 6.45) is 0. The Kier molecular flexibility index (Phi) is 4.90. The van der Waals surface area contributed by atoms with Gasteiger partial charge in [0.1, 0.15) is 5.76 Å². The van der Waals surface area contributed by atoms with Crippen molar-refractivity contribution in [2.24, 2.45) is 16.8 Å². The van der Waals surface area contributed by atoms with Crippen molar-refractivity contribution in [3.8, 4) is 0 Å². The molecular formula is C24H17ClN2O6. The number of rotatable bonds is 4. The molecule has 0 bridgehead atoms. The molecule has 0 radical (unpaired) electrons. The van der Waals surface area contributed by atoms with Crippen LogP contribution < -0.4 is 4.90 Å². The Morgan fingerprint density at radius 2 is 1.73 bits per heavy atom. The van der Waals surface area contributed by atoms with E-state index in [9.17, 15) is 24.3 Å². The van der Waals surface area contributed by atoms with Crippen molar-refractivity contribution >= 4 is 52.3 Å². The van der Waals surface area contributed by atoms with Crippen molar-refractivity contribution in [2.45, 2.75) is 13.0 Å². The van der Waals surface area contributed by atoms with Crippen molar-refractivity contribution in [1.82, 2.24) is 0 Å². The molecule has 8 nitrogen and oxygen atoms in total. The molecule has 0 aromatic heterocycles. The lowest BCUT2D eigenvalue weighted by Gasteiger charge is -2.17. The smallest absolute Gasteiger partial charge is 0.331 e. The van der Waals surface area contributed by atoms with E-state index < -0.39 is 41.4 Å². The van der Waals surface area contributed by atoms with Crippen LogP contribution in [-0.2, 0) is 19.1 Å². The second-order valence-corrected chi connectivity index (χ2v) is 8.24. The summed E-state index contributed by atoms with van der Waals surface area (Å²) in [7, 11) is 0. The summed E-state index contributed by atoms with van der Waals surface area (Å²) < 4.78 is 5.09. The third-order valence-electron chi connectivity index (χ3n) is 6.02. The number of benzene rings is 2. The van der Waals surface area contributed by atoms with Gasteiger partial charge in [0.05, 0.1) is 35.4 Å². The number of hydrogen-bond donors (Lipinski definition) is 1. The second kappa shape index (κ2) is 7.67. The van der Waals surface area contributed by atoms with E-state index in [-0.39, 0.29) is 34.9 Å². The van der Waals surface area contributed by atoms with Crippen molar-refractivity contribution < 1.29 is 29.0 Å². The maximum Gasteiger partial charge on any atom is 0.331 e. The van der Waals surface area contributed by atoms with Gasteiger partial charge >= 0.3 is 5.97 Å². The largest absolute Gasteiger partial charge is 0.506 e. The first-order valence-corrected chi connectivity index (χ1v) is 10.7. The first-order valence-electron chi connectivity index (χ1n) is 10.3. The summed E-state index contributed by atoms with van der Waals surface area (Å²) in [6, 6.07) is 11.2. The normalized spacial score (nSPS) is 23.7. The number of amides is 2. The van der Waals surface area contributed by atoms with Crippen molar-refractivity contribution in [2.75, 3.05) is 11.5 Å². The van der Waals surface area contributed by atoms with Gasteiger partial charge in [0.25, 0.3) is 0 Å². The highest BCUT2D eigenvalue weighted by atomic mass is 35.5. The van der Waals surface area contributed by atoms with Crippen LogP contribution in [0.15, 0.2) is 59.1 Å². The van der Waals surface area contributed by atoms with Gasteiger partial charge in [-0.3, -0.25) is 19.4 Å². The lowest BCUT2D eigenvalue weighted by Crippen LogP contribution is -2.36. The first kappa shape index (κ1) is 21.1. The minimum absolute atomic E-state index is 0.0545. The predicted octanol–water partition coefficient (Wildman–Crippen LogP) is 3.00. The van der Waals surface area contributed by atoms with Crippen LogP contribution in [0.1, 0.15) is 22.8 Å². The monoisotopic (exact) mass is 464 g/mol. The summed E-state index contributed by atoms with van der Waals surface area (Å²) in [4.78, 5) is 57.9. The Balaban J connectivity index is 1.63. The van der Waals surface area contributed by atoms with E-state index in [2.05, 4.69) is 4.99 Å². The van der Waals surface area contributed by atoms with E-state index in [1.165, 1.54) is 24.3 Å². The molecule has 5 rings (SSSR count). The van der Waals surface area contributed by atoms with Gasteiger partial charge < -0.3 is 9.84 Å². The minimum atomic E-state index is -1.31. The van der Waals surface area contributed by atoms with E-state index in [0.29, 0.717) is 10.6 Å². The number of fused-ring (bicyclic) bond motifs is 2. The second-order valence-electron chi connectivity index (χ2n) is 7.80. The molecule has 3 aliphatic rings. The Hall–Kier alpha value is -3.78. The highest BCUT2D eigenvalue weighted by Crippen LogP contribution is 2.44. The summed E-state index contributed by atoms with van der Waals surface area (Å²) in [6.45, 7) is 1.67. The van der Waals surface area contributed by atoms with Crippen LogP contribution in [-0.4, -0.2) is 47.0 Å². The van der Waals surface area contributed by atoms with Crippen LogP contribution in [0.3, 0.4) is 0 Å². The molecule has 33 heavy (non-hydrogen) atoms. The fourth-order valence-electron chi connectivity index (χ4n) is 4.60. The van der Waals surface area contributed by atoms with Crippen molar-refractivity contribution in [1.29, 1.82) is 0 Å². The number of aliphatic hydroxyl groups excluding tert-OH is 1. The average Bonchev–Trinajstić information content (AvgIpc) is 3.39. The molecule has 2 aromatic carbocycles. The van der Waals surface area contributed by atoms with E-state index in [4.69, 9.17) is 16.3 Å². The van der Waals surface area contributed by atoms with Gasteiger partial charge in [-0.25, -0.2) is 9.69 Å². The molecule has 0 spiro atoms. The third kappa shape index (κ3) is 3.01. The lowest BCUT2D eigenvalue weighted by atomic mass is 9.85. The van der Waals surface area contributed by atoms with Gasteiger partial charge in [0.2, 0.25) is 11.8 Å². The highest BCUT2D eigenvalue weighted by Gasteiger charge is 2.61. The Bertz CT molecular complexity index is 1300. The SMILES string of the molecule is CCOC(=O)[C@H]1N=C(C2=C(O)c3ccccc3C2=O)[C@@H]2C(=O)N(c3ccc(Cl)cc3)C(=O)[C@H]21. The number of hydrogen-bond acceptors (Lipinski definition) is 7. The molecule has 3 atom stereocenters. The zero-order valence-corrected chi connectivity index (χ0v) is 18.1. The molecule has 1 aliphatic carbocycles. The summed E-state index contributed by atoms with van der Waals surface area (Å²) in [5.41, 5.74) is 0.603. The van der Waals surface area contributed by atoms with Crippen LogP contribution in [0.2, 0.25) is 5.02 Å². The average molecular weight is 465 g/mol. The Labute approximate surface area is 193 Å². The molecule has 1 fully saturated rings. The molecule has 2 aromatic rings. The molecule has 2 amide bonds. The maximum atomic E-state index is 13.5. The zero-order valence-electron chi connectivity index (χ0n) is 17.3. The predicted molar refractivity (Wildman–Crippen MR) is 119 cm³/mol. The number of esters is 1. The van der Waals surface area contributed by atoms with E-state index >= 15 is 0 Å². The number of imide groups is 1. The fraction of sp³-hybridized carbons (Fsp3) is 0.208. The van der Waals surface area contributed by atoms with Gasteiger partial charge in [0.15, 0.2) is 11.8 Å². The number of Topliss-reactive ketones (excluding diaryl/α,β-unsaturated/α-hetero) is 1. The number of nitrogens with zero attached hydrogens (tertiary/aromatic N) is 2. The number of anilines is 1. The highest BCUT2D eigenvalue weighted by molar-refractivity contribution is 6.43. The third-order valence-corrected chi connectivity index (χ3v) is 6.28. The van der Waals surface area contributed by atoms with Gasteiger partial charge in [0, 0.05) is 16.1 Å². The minimum Gasteiger partial charge on any atom is -0.506 e. The topological polar surface area (TPSA) is 113 Å². The number of aliphatic imine (C=N–C) groups is 1. The number of carbonyl (C=O) groups is 4. The Morgan fingerprint density at radius 1 is 1.06 bits per heavy atom. The molecule has 2 heterocycles. The summed E-state index contributed by atoms with van der Waals surface area (Å²) in [5.74, 6) is -5.28. The van der Waals surface area contributed by atoms with Crippen molar-refractivity contribution in [3.63, 3.8) is 0 Å². The number of aliphatic hydroxyl groups is 1. The standard InChI is InChI=1S/C24H17ClN2O6/c1-2-33-24(32)19-16-15(22(30)27(23(16)31)12-9-7-11(25)8-10-12)18(26-19)17-20(28)13-5-3-4-6-14(13)21(17)29/h3-10,15-16,19,28H,2H2,1H3/t15-,16-,19+/m1/s1. The van der Waals surface area contributed by atoms with Crippen LogP contribution in [0, 0.1) is 11.8 Å². The molecule has 9 heteroatoms. The number of ether oxygens (including phenoxy) is 1. The van der Waals surface area contributed by atoms with Gasteiger partial charge in [-0.05, 0) is 31.2 Å². The molecule has 0 saturated carbocycles. The number of allylic oxidation sites excluding steroid dienone is 1. The van der Waals surface area contributed by atoms with E-state index in [1.54, 1.807) is 31.2 Å². The van der Waals surface area contributed by atoms with E-state index in [0.717, 1.165) is 4.90 Å². The van der Waals surface area contributed by atoms with Crippen LogP contribution in [0.25, 0.3) is 5.76 Å². The molecular weight excluding hydrogens is 448 g/mol. The van der Waals surface area contributed by atoms with Gasteiger partial charge in [-0.15, -0.1) is 0 Å². The van der Waals surface area contributed by atoms with E-state index in [1.807, 2.05) is 0 Å². The fourth-order valence-corrected chi connectivity index (χ4v) is 4.73. The van der Waals surface area contributed by atoms with Gasteiger partial charge in [-0.1, -0.05) is 35.9 Å². The molecule has 166 valence electrons. The molecule has 1 N–H and O–H groups in total. The van der Waals surface area contributed by atoms with Crippen molar-refractivity contribution in [3.05, 3.63) is 70.3 Å². The Morgan fingerprint density at radius 3 is 2.36 bits per heavy atom. The summed E-state index contributed by atoms with van der Waals surface area (Å²) >= 11 is 5.93. The number of ketones is 1. The summed E-state index contributed by atoms with van der Waals surface area (Å²) in [5, 5.41) is 11.2. The lowest BCUT2D eigenvalue weighted by molar-refractivity contribution is -0.147. The zero-order chi connectivity index (χ0) is 23.4. The van der Waals surface area contributed by atoms with Crippen LogP contribution in [0.4, 0.5) is 5.69 Å². The molecule has 0 unspecified atom stereocenters. The van der Waals surface area contributed by atoms with Crippen LogP contribution >= 0.6 is 11.6 Å². The maximum absolute atomic E-state index is 13.5. The van der Waals surface area contributed by atoms with Crippen LogP contribution in [0.5, 0.6) is 0 Å². The number of carbonyl (C=O) groups excluding carboxylic acids is 4. The molecule has 1 saturated heterocycles. The number of halogens is 1. The molecule has 2 aliphatic heterocycles. The quantitative estimate of drug-likeness (QED) is 0.549. The first-order chi connectivity index (χ1) is 15.8.